The second kappa shape index (κ2) is 3.81. The molecule has 1 aromatic carbocycles. The molecule has 3 nitrogen and oxygen atoms in total. The lowest BCUT2D eigenvalue weighted by Gasteiger charge is -2.05. The van der Waals surface area contributed by atoms with Crippen LogP contribution in [0.5, 0.6) is 0 Å². The quantitative estimate of drug-likeness (QED) is 0.795. The Hall–Kier alpha value is -1.51. The van der Waals surface area contributed by atoms with Crippen molar-refractivity contribution < 1.29 is 4.42 Å². The number of hydrogen-bond acceptors (Lipinski definition) is 3. The maximum Gasteiger partial charge on any atom is 0.195 e. The van der Waals surface area contributed by atoms with E-state index in [1.807, 2.05) is 0 Å². The fourth-order valence-corrected chi connectivity index (χ4v) is 2.25. The van der Waals surface area contributed by atoms with Gasteiger partial charge in [0.25, 0.3) is 0 Å². The van der Waals surface area contributed by atoms with E-state index in [4.69, 9.17) is 4.42 Å². The molecule has 0 saturated heterocycles. The number of nitrogens with zero attached hydrogens (tertiary/aromatic N) is 1. The number of aryl methyl sites for hydroxylation is 2. The lowest BCUT2D eigenvalue weighted by Crippen LogP contribution is -1.99. The standard InChI is InChI=1S/C13H16N2O/c1-2-13-15-11-7-9-5-3-4-6-14-10(9)8-12(11)16-13/h7-8,14H,2-6H2,1H3. The third-order valence-corrected chi connectivity index (χ3v) is 3.15. The minimum absolute atomic E-state index is 0.829. The van der Waals surface area contributed by atoms with Crippen LogP contribution in [0.3, 0.4) is 0 Å². The van der Waals surface area contributed by atoms with E-state index in [-0.39, 0.29) is 0 Å². The van der Waals surface area contributed by atoms with Crippen LogP contribution < -0.4 is 5.32 Å². The molecule has 0 bridgehead atoms. The van der Waals surface area contributed by atoms with Gasteiger partial charge in [-0.3, -0.25) is 0 Å². The smallest absolute Gasteiger partial charge is 0.195 e. The summed E-state index contributed by atoms with van der Waals surface area (Å²) in [7, 11) is 0. The molecule has 1 aliphatic heterocycles. The highest BCUT2D eigenvalue weighted by Crippen LogP contribution is 2.27. The van der Waals surface area contributed by atoms with Crippen LogP contribution in [0.2, 0.25) is 0 Å². The van der Waals surface area contributed by atoms with Crippen LogP contribution in [0.15, 0.2) is 16.5 Å². The molecule has 0 spiro atoms. The highest BCUT2D eigenvalue weighted by atomic mass is 16.3. The number of fused-ring (bicyclic) bond motifs is 2. The zero-order chi connectivity index (χ0) is 11.0. The first-order valence-electron chi connectivity index (χ1n) is 6.03. The summed E-state index contributed by atoms with van der Waals surface area (Å²) in [6.07, 6.45) is 4.49. The van der Waals surface area contributed by atoms with Crippen molar-refractivity contribution >= 4 is 16.8 Å². The molecule has 0 unspecified atom stereocenters. The Morgan fingerprint density at radius 2 is 2.31 bits per heavy atom. The molecule has 84 valence electrons. The first kappa shape index (κ1) is 9.70. The predicted octanol–water partition coefficient (Wildman–Crippen LogP) is 3.14. The van der Waals surface area contributed by atoms with Crippen LogP contribution in [0, 0.1) is 0 Å². The fraction of sp³-hybridized carbons (Fsp3) is 0.462. The summed E-state index contributed by atoms with van der Waals surface area (Å²) in [6, 6.07) is 4.27. The number of rotatable bonds is 1. The van der Waals surface area contributed by atoms with Gasteiger partial charge in [-0.05, 0) is 30.9 Å². The minimum Gasteiger partial charge on any atom is -0.441 e. The van der Waals surface area contributed by atoms with Gasteiger partial charge in [-0.15, -0.1) is 0 Å². The second-order valence-electron chi connectivity index (χ2n) is 4.32. The summed E-state index contributed by atoms with van der Waals surface area (Å²) in [5.41, 5.74) is 4.51. The topological polar surface area (TPSA) is 38.1 Å². The van der Waals surface area contributed by atoms with E-state index in [0.29, 0.717) is 0 Å². The summed E-state index contributed by atoms with van der Waals surface area (Å²) < 4.78 is 5.67. The van der Waals surface area contributed by atoms with Gasteiger partial charge in [0.15, 0.2) is 11.5 Å². The number of hydrogen-bond donors (Lipinski definition) is 1. The van der Waals surface area contributed by atoms with Gasteiger partial charge in [-0.2, -0.15) is 0 Å². The largest absolute Gasteiger partial charge is 0.441 e. The van der Waals surface area contributed by atoms with Crippen LogP contribution in [-0.2, 0) is 12.8 Å². The Labute approximate surface area is 94.9 Å². The van der Waals surface area contributed by atoms with Gasteiger partial charge in [0.2, 0.25) is 0 Å². The van der Waals surface area contributed by atoms with Crippen LogP contribution >= 0.6 is 0 Å². The van der Waals surface area contributed by atoms with Crippen molar-refractivity contribution in [3.63, 3.8) is 0 Å². The average Bonchev–Trinajstić information content (AvgIpc) is 2.56. The highest BCUT2D eigenvalue weighted by molar-refractivity contribution is 5.79. The van der Waals surface area contributed by atoms with Crippen molar-refractivity contribution in [2.24, 2.45) is 0 Å². The predicted molar refractivity (Wildman–Crippen MR) is 64.8 cm³/mol. The van der Waals surface area contributed by atoms with E-state index in [1.54, 1.807) is 0 Å². The Morgan fingerprint density at radius 1 is 1.38 bits per heavy atom. The normalized spacial score (nSPS) is 15.6. The maximum atomic E-state index is 5.67. The molecule has 0 fully saturated rings. The van der Waals surface area contributed by atoms with E-state index in [0.717, 1.165) is 36.4 Å². The summed E-state index contributed by atoms with van der Waals surface area (Å²) >= 11 is 0. The number of nitrogens with one attached hydrogen (secondary N) is 1. The number of aromatic nitrogens is 1. The van der Waals surface area contributed by atoms with E-state index in [9.17, 15) is 0 Å². The van der Waals surface area contributed by atoms with Crippen LogP contribution in [0.4, 0.5) is 5.69 Å². The summed E-state index contributed by atoms with van der Waals surface area (Å²) in [4.78, 5) is 4.48. The molecule has 1 aromatic heterocycles. The van der Waals surface area contributed by atoms with Gasteiger partial charge >= 0.3 is 0 Å². The molecule has 2 aromatic rings. The molecule has 0 aliphatic carbocycles. The van der Waals surface area contributed by atoms with Crippen LogP contribution in [0.1, 0.15) is 31.2 Å². The fourth-order valence-electron chi connectivity index (χ4n) is 2.25. The van der Waals surface area contributed by atoms with Gasteiger partial charge in [0, 0.05) is 24.7 Å². The highest BCUT2D eigenvalue weighted by Gasteiger charge is 2.12. The first-order chi connectivity index (χ1) is 7.86. The number of oxazole rings is 1. The third-order valence-electron chi connectivity index (χ3n) is 3.15. The maximum absolute atomic E-state index is 5.67. The summed E-state index contributed by atoms with van der Waals surface area (Å²) in [6.45, 7) is 3.13. The van der Waals surface area contributed by atoms with Gasteiger partial charge in [-0.25, -0.2) is 4.98 Å². The Balaban J connectivity index is 2.14. The zero-order valence-corrected chi connectivity index (χ0v) is 9.55. The van der Waals surface area contributed by atoms with Gasteiger partial charge < -0.3 is 9.73 Å². The molecule has 3 heteroatoms. The average molecular weight is 216 g/mol. The lowest BCUT2D eigenvalue weighted by atomic mass is 10.1. The molecular formula is C13H16N2O. The Kier molecular flexibility index (Phi) is 2.31. The van der Waals surface area contributed by atoms with E-state index >= 15 is 0 Å². The second-order valence-corrected chi connectivity index (χ2v) is 4.32. The lowest BCUT2D eigenvalue weighted by molar-refractivity contribution is 0.538. The molecule has 0 radical (unpaired) electrons. The van der Waals surface area contributed by atoms with Crippen molar-refractivity contribution in [1.29, 1.82) is 0 Å². The SMILES string of the molecule is CCc1nc2cc3c(cc2o1)NCCCC3. The summed E-state index contributed by atoms with van der Waals surface area (Å²) in [5.74, 6) is 0.829. The third kappa shape index (κ3) is 1.56. The molecule has 2 heterocycles. The monoisotopic (exact) mass is 216 g/mol. The molecular weight excluding hydrogens is 200 g/mol. The van der Waals surface area contributed by atoms with Crippen molar-refractivity contribution in [3.8, 4) is 0 Å². The van der Waals surface area contributed by atoms with Crippen LogP contribution in [-0.4, -0.2) is 11.5 Å². The van der Waals surface area contributed by atoms with Gasteiger partial charge in [0.05, 0.1) is 0 Å². The van der Waals surface area contributed by atoms with E-state index < -0.39 is 0 Å². The Morgan fingerprint density at radius 3 is 3.19 bits per heavy atom. The molecule has 1 aliphatic rings. The van der Waals surface area contributed by atoms with Crippen molar-refractivity contribution in [3.05, 3.63) is 23.6 Å². The van der Waals surface area contributed by atoms with Crippen molar-refractivity contribution in [2.75, 3.05) is 11.9 Å². The van der Waals surface area contributed by atoms with Crippen molar-refractivity contribution in [1.82, 2.24) is 4.98 Å². The molecule has 0 amide bonds. The minimum atomic E-state index is 0.829. The molecule has 0 saturated carbocycles. The molecule has 16 heavy (non-hydrogen) atoms. The van der Waals surface area contributed by atoms with Gasteiger partial charge in [-0.1, -0.05) is 6.92 Å². The van der Waals surface area contributed by atoms with E-state index in [2.05, 4.69) is 29.4 Å². The van der Waals surface area contributed by atoms with E-state index in [1.165, 1.54) is 24.1 Å². The van der Waals surface area contributed by atoms with Crippen LogP contribution in [0.25, 0.3) is 11.1 Å². The molecule has 0 atom stereocenters. The number of benzene rings is 1. The molecule has 1 N–H and O–H groups in total. The number of anilines is 1. The molecule has 3 rings (SSSR count). The first-order valence-corrected chi connectivity index (χ1v) is 6.03. The van der Waals surface area contributed by atoms with Gasteiger partial charge in [0.1, 0.15) is 5.52 Å². The van der Waals surface area contributed by atoms with Crippen molar-refractivity contribution in [2.45, 2.75) is 32.6 Å². The summed E-state index contributed by atoms with van der Waals surface area (Å²) in [5, 5.41) is 3.46. The zero-order valence-electron chi connectivity index (χ0n) is 9.55. The Bertz CT molecular complexity index is 473.